The molecule has 1 aromatic carbocycles. The van der Waals surface area contributed by atoms with Crippen LogP contribution in [-0.4, -0.2) is 17.7 Å². The van der Waals surface area contributed by atoms with Gasteiger partial charge in [0.1, 0.15) is 5.75 Å². The van der Waals surface area contributed by atoms with E-state index in [1.807, 2.05) is 18.2 Å². The molecule has 0 spiro atoms. The zero-order chi connectivity index (χ0) is 13.1. The van der Waals surface area contributed by atoms with E-state index in [0.29, 0.717) is 11.7 Å². The molecule has 0 fully saturated rings. The third-order valence-electron chi connectivity index (χ3n) is 2.75. The minimum absolute atomic E-state index is 0.445. The van der Waals surface area contributed by atoms with Gasteiger partial charge in [-0.1, -0.05) is 19.1 Å². The van der Waals surface area contributed by atoms with Crippen LogP contribution < -0.4 is 10.5 Å². The molecule has 3 nitrogen and oxygen atoms in total. The molecule has 1 aromatic rings. The number of primary amides is 1. The molecule has 2 atom stereocenters. The first-order valence-electron chi connectivity index (χ1n) is 5.65. The summed E-state index contributed by atoms with van der Waals surface area (Å²) in [6, 6.07) is 7.78. The molecule has 0 heterocycles. The highest BCUT2D eigenvalue weighted by Crippen LogP contribution is 2.24. The van der Waals surface area contributed by atoms with Gasteiger partial charge in [-0.25, -0.2) is 0 Å². The van der Waals surface area contributed by atoms with E-state index in [1.165, 1.54) is 5.56 Å². The van der Waals surface area contributed by atoms with E-state index in [0.717, 1.165) is 6.16 Å². The molecule has 2 N–H and O–H groups in total. The maximum absolute atomic E-state index is 11.2. The second-order valence-corrected chi connectivity index (χ2v) is 5.16. The van der Waals surface area contributed by atoms with Gasteiger partial charge in [0.25, 0.3) is 5.91 Å². The van der Waals surface area contributed by atoms with Crippen molar-refractivity contribution >= 4 is 15.1 Å². The standard InChI is InChI=1S/C13H20NO2P/c1-9(8-17)10-5-4-6-11(7-10)16-13(2,3)12(14)15/h4-7,9H,8,17H2,1-3H3,(H2,14,15). The molecule has 0 radical (unpaired) electrons. The molecule has 4 heteroatoms. The van der Waals surface area contributed by atoms with Crippen molar-refractivity contribution < 1.29 is 9.53 Å². The van der Waals surface area contributed by atoms with Gasteiger partial charge in [-0.2, -0.15) is 0 Å². The van der Waals surface area contributed by atoms with E-state index < -0.39 is 11.5 Å². The SMILES string of the molecule is CC(CP)c1cccc(OC(C)(C)C(N)=O)c1. The largest absolute Gasteiger partial charge is 0.478 e. The fourth-order valence-electron chi connectivity index (χ4n) is 1.37. The predicted molar refractivity (Wildman–Crippen MR) is 73.3 cm³/mol. The summed E-state index contributed by atoms with van der Waals surface area (Å²) in [5.74, 6) is 0.652. The highest BCUT2D eigenvalue weighted by molar-refractivity contribution is 7.16. The first-order valence-corrected chi connectivity index (χ1v) is 6.47. The molecule has 1 amide bonds. The van der Waals surface area contributed by atoms with E-state index in [4.69, 9.17) is 10.5 Å². The zero-order valence-electron chi connectivity index (χ0n) is 10.6. The molecule has 1 rings (SSSR count). The Labute approximate surface area is 105 Å². The zero-order valence-corrected chi connectivity index (χ0v) is 11.7. The van der Waals surface area contributed by atoms with Crippen molar-refractivity contribution in [3.63, 3.8) is 0 Å². The lowest BCUT2D eigenvalue weighted by Crippen LogP contribution is -2.43. The Balaban J connectivity index is 2.89. The molecule has 17 heavy (non-hydrogen) atoms. The van der Waals surface area contributed by atoms with E-state index in [9.17, 15) is 4.79 Å². The highest BCUT2D eigenvalue weighted by Gasteiger charge is 2.27. The number of nitrogens with two attached hydrogens (primary N) is 1. The van der Waals surface area contributed by atoms with Crippen molar-refractivity contribution in [2.24, 2.45) is 5.73 Å². The Bertz CT molecular complexity index is 404. The Kier molecular flexibility index (Phi) is 4.53. The van der Waals surface area contributed by atoms with Crippen molar-refractivity contribution in [2.75, 3.05) is 6.16 Å². The molecule has 0 aliphatic carbocycles. The van der Waals surface area contributed by atoms with E-state index in [1.54, 1.807) is 13.8 Å². The van der Waals surface area contributed by atoms with Gasteiger partial charge in [-0.3, -0.25) is 4.79 Å². The van der Waals surface area contributed by atoms with Crippen LogP contribution in [0.25, 0.3) is 0 Å². The number of carbonyl (C=O) groups is 1. The first-order chi connectivity index (χ1) is 7.86. The summed E-state index contributed by atoms with van der Waals surface area (Å²) in [7, 11) is 2.72. The maximum atomic E-state index is 11.2. The summed E-state index contributed by atoms with van der Waals surface area (Å²) in [5.41, 5.74) is 5.48. The Morgan fingerprint density at radius 1 is 1.53 bits per heavy atom. The maximum Gasteiger partial charge on any atom is 0.261 e. The molecular weight excluding hydrogens is 233 g/mol. The Morgan fingerprint density at radius 3 is 2.71 bits per heavy atom. The van der Waals surface area contributed by atoms with Gasteiger partial charge in [0.2, 0.25) is 0 Å². The summed E-state index contributed by atoms with van der Waals surface area (Å²) in [6.07, 6.45) is 0.989. The van der Waals surface area contributed by atoms with Crippen molar-refractivity contribution in [1.82, 2.24) is 0 Å². The number of amides is 1. The van der Waals surface area contributed by atoms with Crippen molar-refractivity contribution in [1.29, 1.82) is 0 Å². The fourth-order valence-corrected chi connectivity index (χ4v) is 1.64. The summed E-state index contributed by atoms with van der Waals surface area (Å²) >= 11 is 0. The average molecular weight is 253 g/mol. The van der Waals surface area contributed by atoms with Crippen LogP contribution in [0.4, 0.5) is 0 Å². The smallest absolute Gasteiger partial charge is 0.261 e. The predicted octanol–water partition coefficient (Wildman–Crippen LogP) is 2.31. The van der Waals surface area contributed by atoms with Crippen LogP contribution in [-0.2, 0) is 4.79 Å². The minimum Gasteiger partial charge on any atom is -0.478 e. The fraction of sp³-hybridized carbons (Fsp3) is 0.462. The average Bonchev–Trinajstić information content (AvgIpc) is 2.27. The monoisotopic (exact) mass is 253 g/mol. The third kappa shape index (κ3) is 3.71. The number of carbonyl (C=O) groups excluding carboxylic acids is 1. The molecule has 0 aliphatic heterocycles. The minimum atomic E-state index is -0.983. The van der Waals surface area contributed by atoms with Crippen LogP contribution in [0, 0.1) is 0 Å². The second-order valence-electron chi connectivity index (χ2n) is 4.69. The first kappa shape index (κ1) is 14.0. The lowest BCUT2D eigenvalue weighted by atomic mass is 10.0. The summed E-state index contributed by atoms with van der Waals surface area (Å²) in [4.78, 5) is 11.2. The number of ether oxygens (including phenoxy) is 1. The number of benzene rings is 1. The Hall–Kier alpha value is -1.08. The summed E-state index contributed by atoms with van der Waals surface area (Å²) in [5, 5.41) is 0. The van der Waals surface area contributed by atoms with Crippen LogP contribution in [0.1, 0.15) is 32.3 Å². The summed E-state index contributed by atoms with van der Waals surface area (Å²) in [6.45, 7) is 5.48. The van der Waals surface area contributed by atoms with E-state index in [-0.39, 0.29) is 0 Å². The molecule has 0 aliphatic rings. The molecule has 94 valence electrons. The Morgan fingerprint density at radius 2 is 2.18 bits per heavy atom. The second kappa shape index (κ2) is 5.50. The van der Waals surface area contributed by atoms with Gasteiger partial charge in [-0.05, 0) is 43.6 Å². The van der Waals surface area contributed by atoms with E-state index >= 15 is 0 Å². The van der Waals surface area contributed by atoms with Crippen molar-refractivity contribution in [3.8, 4) is 5.75 Å². The highest BCUT2D eigenvalue weighted by atomic mass is 31.0. The van der Waals surface area contributed by atoms with Gasteiger partial charge >= 0.3 is 0 Å². The molecular formula is C13H20NO2P. The topological polar surface area (TPSA) is 52.3 Å². The van der Waals surface area contributed by atoms with Gasteiger partial charge in [-0.15, -0.1) is 9.24 Å². The van der Waals surface area contributed by atoms with Crippen molar-refractivity contribution in [2.45, 2.75) is 32.3 Å². The number of hydrogen-bond donors (Lipinski definition) is 1. The third-order valence-corrected chi connectivity index (χ3v) is 3.45. The normalized spacial score (nSPS) is 13.2. The van der Waals surface area contributed by atoms with Crippen molar-refractivity contribution in [3.05, 3.63) is 29.8 Å². The van der Waals surface area contributed by atoms with Crippen LogP contribution in [0.3, 0.4) is 0 Å². The van der Waals surface area contributed by atoms with Gasteiger partial charge in [0.05, 0.1) is 0 Å². The van der Waals surface area contributed by atoms with E-state index in [2.05, 4.69) is 22.2 Å². The number of hydrogen-bond acceptors (Lipinski definition) is 2. The molecule has 0 aromatic heterocycles. The van der Waals surface area contributed by atoms with Crippen LogP contribution in [0.2, 0.25) is 0 Å². The van der Waals surface area contributed by atoms with Crippen LogP contribution in [0.15, 0.2) is 24.3 Å². The quantitative estimate of drug-likeness (QED) is 0.819. The molecule has 0 bridgehead atoms. The number of rotatable bonds is 5. The van der Waals surface area contributed by atoms with Gasteiger partial charge in [0, 0.05) is 0 Å². The molecule has 0 saturated heterocycles. The van der Waals surface area contributed by atoms with Gasteiger partial charge < -0.3 is 10.5 Å². The molecule has 2 unspecified atom stereocenters. The lowest BCUT2D eigenvalue weighted by Gasteiger charge is -2.23. The lowest BCUT2D eigenvalue weighted by molar-refractivity contribution is -0.130. The molecule has 0 saturated carbocycles. The summed E-state index contributed by atoms with van der Waals surface area (Å²) < 4.78 is 5.62. The van der Waals surface area contributed by atoms with Crippen LogP contribution in [0.5, 0.6) is 5.75 Å². The van der Waals surface area contributed by atoms with Gasteiger partial charge in [0.15, 0.2) is 5.60 Å². The van der Waals surface area contributed by atoms with Crippen LogP contribution >= 0.6 is 9.24 Å².